The van der Waals surface area contributed by atoms with E-state index in [1.54, 1.807) is 0 Å². The molecular weight excluding hydrogens is 298 g/mol. The van der Waals surface area contributed by atoms with E-state index in [1.807, 2.05) is 0 Å². The predicted molar refractivity (Wildman–Crippen MR) is 74.0 cm³/mol. The number of carboxylic acids is 1. The summed E-state index contributed by atoms with van der Waals surface area (Å²) >= 11 is 0. The van der Waals surface area contributed by atoms with E-state index in [-0.39, 0.29) is 22.8 Å². The van der Waals surface area contributed by atoms with E-state index in [4.69, 9.17) is 9.84 Å². The van der Waals surface area contributed by atoms with Gasteiger partial charge in [-0.3, -0.25) is 0 Å². The summed E-state index contributed by atoms with van der Waals surface area (Å²) in [6.45, 7) is 0.0894. The zero-order chi connectivity index (χ0) is 15.6. The molecule has 1 unspecified atom stereocenters. The fourth-order valence-corrected chi connectivity index (χ4v) is 4.27. The molecule has 1 aromatic rings. The first-order valence-electron chi connectivity index (χ1n) is 6.46. The SMILES string of the molecule is COc1cc(C(=O)O)ccc1S(=O)(=O)N1CCCC1CO. The van der Waals surface area contributed by atoms with Gasteiger partial charge in [-0.1, -0.05) is 0 Å². The maximum absolute atomic E-state index is 12.7. The average molecular weight is 315 g/mol. The molecule has 1 atom stereocenters. The lowest BCUT2D eigenvalue weighted by Crippen LogP contribution is -2.37. The normalized spacial score (nSPS) is 19.6. The number of hydrogen-bond donors (Lipinski definition) is 2. The van der Waals surface area contributed by atoms with Crippen LogP contribution < -0.4 is 4.74 Å². The van der Waals surface area contributed by atoms with Crippen LogP contribution in [0.25, 0.3) is 0 Å². The lowest BCUT2D eigenvalue weighted by molar-refractivity contribution is 0.0696. The van der Waals surface area contributed by atoms with Gasteiger partial charge >= 0.3 is 5.97 Å². The highest BCUT2D eigenvalue weighted by Gasteiger charge is 2.36. The van der Waals surface area contributed by atoms with Gasteiger partial charge in [-0.2, -0.15) is 4.31 Å². The van der Waals surface area contributed by atoms with Crippen LogP contribution in [0.5, 0.6) is 5.75 Å². The summed E-state index contributed by atoms with van der Waals surface area (Å²) in [7, 11) is -2.54. The second-order valence-electron chi connectivity index (χ2n) is 4.77. The second kappa shape index (κ2) is 6.00. The van der Waals surface area contributed by atoms with Gasteiger partial charge in [-0.25, -0.2) is 13.2 Å². The number of aliphatic hydroxyl groups is 1. The molecular formula is C13H17NO6S. The predicted octanol–water partition coefficient (Wildman–Crippen LogP) is 0.539. The lowest BCUT2D eigenvalue weighted by Gasteiger charge is -2.23. The Balaban J connectivity index is 2.47. The van der Waals surface area contributed by atoms with Crippen molar-refractivity contribution in [2.45, 2.75) is 23.8 Å². The van der Waals surface area contributed by atoms with Crippen LogP contribution >= 0.6 is 0 Å². The van der Waals surface area contributed by atoms with Crippen molar-refractivity contribution in [3.63, 3.8) is 0 Å². The van der Waals surface area contributed by atoms with E-state index in [1.165, 1.54) is 29.6 Å². The van der Waals surface area contributed by atoms with E-state index >= 15 is 0 Å². The summed E-state index contributed by atoms with van der Waals surface area (Å²) in [4.78, 5) is 10.8. The molecule has 1 saturated heterocycles. The third-order valence-electron chi connectivity index (χ3n) is 3.53. The molecule has 8 heteroatoms. The first-order valence-corrected chi connectivity index (χ1v) is 7.90. The van der Waals surface area contributed by atoms with E-state index in [0.29, 0.717) is 19.4 Å². The Morgan fingerprint density at radius 3 is 2.76 bits per heavy atom. The molecule has 0 aliphatic carbocycles. The number of ether oxygens (including phenoxy) is 1. The van der Waals surface area contributed by atoms with Gasteiger partial charge in [0, 0.05) is 12.6 Å². The number of carboxylic acid groups (broad SMARTS) is 1. The van der Waals surface area contributed by atoms with Gasteiger partial charge in [-0.15, -0.1) is 0 Å². The average Bonchev–Trinajstić information content (AvgIpc) is 2.95. The molecule has 0 bridgehead atoms. The minimum atomic E-state index is -3.83. The zero-order valence-electron chi connectivity index (χ0n) is 11.5. The molecule has 0 radical (unpaired) electrons. The molecule has 116 valence electrons. The van der Waals surface area contributed by atoms with Crippen molar-refractivity contribution in [3.8, 4) is 5.75 Å². The molecule has 21 heavy (non-hydrogen) atoms. The Morgan fingerprint density at radius 1 is 1.48 bits per heavy atom. The van der Waals surface area contributed by atoms with Crippen LogP contribution in [0.15, 0.2) is 23.1 Å². The van der Waals surface area contributed by atoms with E-state index in [2.05, 4.69) is 0 Å². The van der Waals surface area contributed by atoms with Gasteiger partial charge in [0.25, 0.3) is 0 Å². The monoisotopic (exact) mass is 315 g/mol. The highest BCUT2D eigenvalue weighted by molar-refractivity contribution is 7.89. The lowest BCUT2D eigenvalue weighted by atomic mass is 10.2. The number of aliphatic hydroxyl groups excluding tert-OH is 1. The van der Waals surface area contributed by atoms with Crippen molar-refractivity contribution < 1.29 is 28.2 Å². The molecule has 1 aromatic carbocycles. The summed E-state index contributed by atoms with van der Waals surface area (Å²) in [5, 5.41) is 18.2. The fraction of sp³-hybridized carbons (Fsp3) is 0.462. The first-order chi connectivity index (χ1) is 9.91. The fourth-order valence-electron chi connectivity index (χ4n) is 2.45. The Kier molecular flexibility index (Phi) is 4.50. The van der Waals surface area contributed by atoms with Crippen molar-refractivity contribution in [1.29, 1.82) is 0 Å². The molecule has 0 saturated carbocycles. The molecule has 1 aliphatic rings. The Bertz CT molecular complexity index is 642. The van der Waals surface area contributed by atoms with Crippen molar-refractivity contribution in [3.05, 3.63) is 23.8 Å². The van der Waals surface area contributed by atoms with Crippen LogP contribution in [0, 0.1) is 0 Å². The molecule has 1 heterocycles. The molecule has 0 spiro atoms. The third kappa shape index (κ3) is 2.87. The Hall–Kier alpha value is -1.64. The highest BCUT2D eigenvalue weighted by Crippen LogP contribution is 2.32. The number of nitrogens with zero attached hydrogens (tertiary/aromatic N) is 1. The van der Waals surface area contributed by atoms with E-state index in [9.17, 15) is 18.3 Å². The standard InChI is InChI=1S/C13H17NO6S/c1-20-11-7-9(13(16)17)4-5-12(11)21(18,19)14-6-2-3-10(14)8-15/h4-5,7,10,15H,2-3,6,8H2,1H3,(H,16,17). The minimum Gasteiger partial charge on any atom is -0.495 e. The summed E-state index contributed by atoms with van der Waals surface area (Å²) in [5.41, 5.74) is -0.0501. The van der Waals surface area contributed by atoms with E-state index < -0.39 is 22.0 Å². The number of rotatable bonds is 5. The molecule has 0 aromatic heterocycles. The molecule has 2 rings (SSSR count). The second-order valence-corrected chi connectivity index (χ2v) is 6.62. The number of carbonyl (C=O) groups is 1. The minimum absolute atomic E-state index is 0.0153. The van der Waals surface area contributed by atoms with Crippen LogP contribution in [0.4, 0.5) is 0 Å². The van der Waals surface area contributed by atoms with Crippen LogP contribution in [0.3, 0.4) is 0 Å². The highest BCUT2D eigenvalue weighted by atomic mass is 32.2. The van der Waals surface area contributed by atoms with Gasteiger partial charge in [0.15, 0.2) is 0 Å². The number of methoxy groups -OCH3 is 1. The van der Waals surface area contributed by atoms with Gasteiger partial charge in [0.05, 0.1) is 19.3 Å². The van der Waals surface area contributed by atoms with E-state index in [0.717, 1.165) is 0 Å². The molecule has 7 nitrogen and oxygen atoms in total. The Morgan fingerprint density at radius 2 is 2.19 bits per heavy atom. The number of aromatic carboxylic acids is 1. The molecule has 1 fully saturated rings. The van der Waals surface area contributed by atoms with Gasteiger partial charge in [0.2, 0.25) is 10.0 Å². The summed E-state index contributed by atoms with van der Waals surface area (Å²) in [6, 6.07) is 3.18. The topological polar surface area (TPSA) is 104 Å². The maximum Gasteiger partial charge on any atom is 0.335 e. The van der Waals surface area contributed by atoms with Gasteiger partial charge < -0.3 is 14.9 Å². The maximum atomic E-state index is 12.7. The summed E-state index contributed by atoms with van der Waals surface area (Å²) in [5.74, 6) is -1.18. The smallest absolute Gasteiger partial charge is 0.335 e. The molecule has 1 aliphatic heterocycles. The number of hydrogen-bond acceptors (Lipinski definition) is 5. The molecule has 2 N–H and O–H groups in total. The van der Waals surface area contributed by atoms with Crippen LogP contribution in [-0.4, -0.2) is 55.2 Å². The number of sulfonamides is 1. The van der Waals surface area contributed by atoms with Crippen molar-refractivity contribution >= 4 is 16.0 Å². The van der Waals surface area contributed by atoms with Crippen molar-refractivity contribution in [1.82, 2.24) is 4.31 Å². The van der Waals surface area contributed by atoms with Crippen LogP contribution in [-0.2, 0) is 10.0 Å². The third-order valence-corrected chi connectivity index (χ3v) is 5.52. The van der Waals surface area contributed by atoms with Crippen molar-refractivity contribution in [2.75, 3.05) is 20.3 Å². The van der Waals surface area contributed by atoms with Crippen molar-refractivity contribution in [2.24, 2.45) is 0 Å². The largest absolute Gasteiger partial charge is 0.495 e. The summed E-state index contributed by atoms with van der Waals surface area (Å²) < 4.78 is 31.6. The van der Waals surface area contributed by atoms with Gasteiger partial charge in [0.1, 0.15) is 10.6 Å². The van der Waals surface area contributed by atoms with Crippen LogP contribution in [0.1, 0.15) is 23.2 Å². The zero-order valence-corrected chi connectivity index (χ0v) is 12.3. The van der Waals surface area contributed by atoms with Gasteiger partial charge in [-0.05, 0) is 31.0 Å². The quantitative estimate of drug-likeness (QED) is 0.822. The number of benzene rings is 1. The Labute approximate surface area is 122 Å². The first kappa shape index (κ1) is 15.7. The summed E-state index contributed by atoms with van der Waals surface area (Å²) in [6.07, 6.45) is 1.28. The molecule has 0 amide bonds. The van der Waals surface area contributed by atoms with Crippen LogP contribution in [0.2, 0.25) is 0 Å².